The number of aliphatic hydroxyl groups is 1. The quantitative estimate of drug-likeness (QED) is 0.606. The number of aliphatic hydroxyl groups excluding tert-OH is 1. The van der Waals surface area contributed by atoms with Gasteiger partial charge in [0.05, 0.1) is 12.7 Å². The molecule has 0 unspecified atom stereocenters. The van der Waals surface area contributed by atoms with E-state index in [1.807, 2.05) is 13.8 Å². The van der Waals surface area contributed by atoms with Gasteiger partial charge in [-0.15, -0.1) is 0 Å². The smallest absolute Gasteiger partial charge is 0.323 e. The van der Waals surface area contributed by atoms with Crippen molar-refractivity contribution in [1.29, 1.82) is 0 Å². The van der Waals surface area contributed by atoms with Gasteiger partial charge in [0.25, 0.3) is 0 Å². The predicted octanol–water partition coefficient (Wildman–Crippen LogP) is -0.0916. The summed E-state index contributed by atoms with van der Waals surface area (Å²) in [6.45, 7) is 4.92. The molecule has 0 aromatic rings. The molecular formula is C9H17NO3. The number of ether oxygens (including phenoxy) is 1. The molecule has 76 valence electrons. The van der Waals surface area contributed by atoms with Crippen molar-refractivity contribution in [3.8, 4) is 0 Å². The summed E-state index contributed by atoms with van der Waals surface area (Å²) >= 11 is 0. The van der Waals surface area contributed by atoms with Gasteiger partial charge in [-0.05, 0) is 5.92 Å². The summed E-state index contributed by atoms with van der Waals surface area (Å²) in [5.74, 6) is 0.112. The maximum Gasteiger partial charge on any atom is 0.323 e. The van der Waals surface area contributed by atoms with Crippen LogP contribution in [-0.2, 0) is 9.53 Å². The Bertz CT molecular complexity index is 182. The lowest BCUT2D eigenvalue weighted by atomic mass is 10.2. The maximum atomic E-state index is 11.3. The zero-order valence-corrected chi connectivity index (χ0v) is 8.12. The second kappa shape index (κ2) is 4.58. The molecular weight excluding hydrogens is 170 g/mol. The molecule has 1 heterocycles. The van der Waals surface area contributed by atoms with Crippen molar-refractivity contribution < 1.29 is 14.6 Å². The Kier molecular flexibility index (Phi) is 3.69. The van der Waals surface area contributed by atoms with Crippen molar-refractivity contribution >= 4 is 5.97 Å². The number of rotatable bonds is 3. The Morgan fingerprint density at radius 2 is 2.38 bits per heavy atom. The van der Waals surface area contributed by atoms with Gasteiger partial charge in [0.2, 0.25) is 0 Å². The summed E-state index contributed by atoms with van der Waals surface area (Å²) in [5, 5.41) is 12.1. The normalized spacial score (nSPS) is 28.0. The van der Waals surface area contributed by atoms with Gasteiger partial charge < -0.3 is 15.2 Å². The third-order valence-electron chi connectivity index (χ3n) is 1.95. The van der Waals surface area contributed by atoms with Gasteiger partial charge in [-0.1, -0.05) is 13.8 Å². The zero-order chi connectivity index (χ0) is 9.84. The van der Waals surface area contributed by atoms with Crippen LogP contribution in [0, 0.1) is 5.92 Å². The third kappa shape index (κ3) is 3.32. The number of nitrogens with one attached hydrogen (secondary N) is 1. The van der Waals surface area contributed by atoms with Crippen LogP contribution in [0.25, 0.3) is 0 Å². The topological polar surface area (TPSA) is 58.6 Å². The van der Waals surface area contributed by atoms with E-state index in [2.05, 4.69) is 5.32 Å². The van der Waals surface area contributed by atoms with Gasteiger partial charge in [-0.25, -0.2) is 0 Å². The Morgan fingerprint density at radius 3 is 2.85 bits per heavy atom. The van der Waals surface area contributed by atoms with E-state index in [9.17, 15) is 4.79 Å². The van der Waals surface area contributed by atoms with E-state index in [4.69, 9.17) is 9.84 Å². The van der Waals surface area contributed by atoms with Crippen LogP contribution < -0.4 is 5.32 Å². The van der Waals surface area contributed by atoms with E-state index >= 15 is 0 Å². The summed E-state index contributed by atoms with van der Waals surface area (Å²) in [5.41, 5.74) is 0. The van der Waals surface area contributed by atoms with E-state index in [1.165, 1.54) is 0 Å². The molecule has 0 bridgehead atoms. The van der Waals surface area contributed by atoms with E-state index in [-0.39, 0.29) is 12.0 Å². The Morgan fingerprint density at radius 1 is 1.69 bits per heavy atom. The maximum absolute atomic E-state index is 11.3. The van der Waals surface area contributed by atoms with Crippen LogP contribution in [0.5, 0.6) is 0 Å². The number of hydrogen-bond donors (Lipinski definition) is 2. The average molecular weight is 187 g/mol. The van der Waals surface area contributed by atoms with Crippen molar-refractivity contribution in [3.05, 3.63) is 0 Å². The first-order chi connectivity index (χ1) is 6.09. The van der Waals surface area contributed by atoms with Crippen molar-refractivity contribution in [2.75, 3.05) is 13.2 Å². The van der Waals surface area contributed by atoms with Crippen LogP contribution in [0.1, 0.15) is 20.3 Å². The lowest BCUT2D eigenvalue weighted by Crippen LogP contribution is -2.33. The SMILES string of the molecule is CC(C)COC(=O)[C@@H]1C[C@H](O)CN1. The molecule has 1 aliphatic rings. The second-order valence-electron chi connectivity index (χ2n) is 3.87. The minimum atomic E-state index is -0.406. The predicted molar refractivity (Wildman–Crippen MR) is 48.2 cm³/mol. The Labute approximate surface area is 78.3 Å². The molecule has 0 saturated carbocycles. The van der Waals surface area contributed by atoms with Crippen LogP contribution in [0.2, 0.25) is 0 Å². The largest absolute Gasteiger partial charge is 0.464 e. The number of β-amino-alcohol motifs (C(OH)–C–C–N with tert-alkyl or cyclic N) is 1. The van der Waals surface area contributed by atoms with Crippen LogP contribution >= 0.6 is 0 Å². The first-order valence-corrected chi connectivity index (χ1v) is 4.67. The molecule has 1 saturated heterocycles. The lowest BCUT2D eigenvalue weighted by Gasteiger charge is -2.11. The van der Waals surface area contributed by atoms with Crippen molar-refractivity contribution in [3.63, 3.8) is 0 Å². The van der Waals surface area contributed by atoms with Crippen molar-refractivity contribution in [2.24, 2.45) is 5.92 Å². The van der Waals surface area contributed by atoms with Gasteiger partial charge in [-0.2, -0.15) is 0 Å². The van der Waals surface area contributed by atoms with E-state index in [0.29, 0.717) is 25.5 Å². The Balaban J connectivity index is 2.24. The molecule has 0 aliphatic carbocycles. The van der Waals surface area contributed by atoms with Crippen LogP contribution in [-0.4, -0.2) is 36.4 Å². The highest BCUT2D eigenvalue weighted by Crippen LogP contribution is 2.08. The third-order valence-corrected chi connectivity index (χ3v) is 1.95. The van der Waals surface area contributed by atoms with Crippen LogP contribution in [0.4, 0.5) is 0 Å². The molecule has 1 fully saturated rings. The molecule has 0 aromatic heterocycles. The number of carbonyl (C=O) groups is 1. The molecule has 1 aliphatic heterocycles. The number of hydrogen-bond acceptors (Lipinski definition) is 4. The first-order valence-electron chi connectivity index (χ1n) is 4.67. The summed E-state index contributed by atoms with van der Waals surface area (Å²) in [6.07, 6.45) is 0.0632. The molecule has 1 rings (SSSR count). The standard InChI is InChI=1S/C9H17NO3/c1-6(2)5-13-9(12)8-3-7(11)4-10-8/h6-8,10-11H,3-5H2,1-2H3/t7-,8-/m0/s1. The molecule has 0 amide bonds. The first kappa shape index (κ1) is 10.5. The van der Waals surface area contributed by atoms with Crippen molar-refractivity contribution in [1.82, 2.24) is 5.32 Å². The van der Waals surface area contributed by atoms with E-state index in [0.717, 1.165) is 0 Å². The summed E-state index contributed by atoms with van der Waals surface area (Å²) in [7, 11) is 0. The summed E-state index contributed by atoms with van der Waals surface area (Å²) in [6, 6.07) is -0.311. The molecule has 4 nitrogen and oxygen atoms in total. The van der Waals surface area contributed by atoms with E-state index < -0.39 is 6.10 Å². The number of esters is 1. The minimum absolute atomic E-state index is 0.245. The van der Waals surface area contributed by atoms with Gasteiger partial charge in [-0.3, -0.25) is 4.79 Å². The van der Waals surface area contributed by atoms with E-state index in [1.54, 1.807) is 0 Å². The van der Waals surface area contributed by atoms with Crippen LogP contribution in [0.3, 0.4) is 0 Å². The zero-order valence-electron chi connectivity index (χ0n) is 8.12. The summed E-state index contributed by atoms with van der Waals surface area (Å²) in [4.78, 5) is 11.3. The molecule has 13 heavy (non-hydrogen) atoms. The highest BCUT2D eigenvalue weighted by molar-refractivity contribution is 5.76. The molecule has 0 radical (unpaired) electrons. The Hall–Kier alpha value is -0.610. The molecule has 2 N–H and O–H groups in total. The van der Waals surface area contributed by atoms with Crippen LogP contribution in [0.15, 0.2) is 0 Å². The molecule has 0 aromatic carbocycles. The lowest BCUT2D eigenvalue weighted by molar-refractivity contribution is -0.147. The molecule has 4 heteroatoms. The van der Waals surface area contributed by atoms with Gasteiger partial charge >= 0.3 is 5.97 Å². The fourth-order valence-corrected chi connectivity index (χ4v) is 1.25. The minimum Gasteiger partial charge on any atom is -0.464 e. The van der Waals surface area contributed by atoms with Crippen molar-refractivity contribution in [2.45, 2.75) is 32.4 Å². The van der Waals surface area contributed by atoms with Gasteiger partial charge in [0.15, 0.2) is 0 Å². The number of carbonyl (C=O) groups excluding carboxylic acids is 1. The average Bonchev–Trinajstić information content (AvgIpc) is 2.47. The fraction of sp³-hybridized carbons (Fsp3) is 0.889. The highest BCUT2D eigenvalue weighted by atomic mass is 16.5. The molecule has 2 atom stereocenters. The summed E-state index contributed by atoms with van der Waals surface area (Å²) < 4.78 is 5.02. The second-order valence-corrected chi connectivity index (χ2v) is 3.87. The monoisotopic (exact) mass is 187 g/mol. The molecule has 0 spiro atoms. The highest BCUT2D eigenvalue weighted by Gasteiger charge is 2.29. The van der Waals surface area contributed by atoms with Gasteiger partial charge in [0.1, 0.15) is 6.04 Å². The fourth-order valence-electron chi connectivity index (χ4n) is 1.25. The van der Waals surface area contributed by atoms with Gasteiger partial charge in [0, 0.05) is 13.0 Å².